The Balaban J connectivity index is 3.85. The largest absolute Gasteiger partial charge is 0.502 e. The summed E-state index contributed by atoms with van der Waals surface area (Å²) in [5, 5.41) is 17.1. The van der Waals surface area contributed by atoms with Gasteiger partial charge in [-0.05, 0) is 13.3 Å². The molecule has 0 aromatic heterocycles. The summed E-state index contributed by atoms with van der Waals surface area (Å²) in [5.74, 6) is -3.09. The van der Waals surface area contributed by atoms with Crippen LogP contribution in [0.3, 0.4) is 0 Å². The Labute approximate surface area is 82.0 Å². The normalized spacial score (nSPS) is 12.6. The van der Waals surface area contributed by atoms with E-state index in [1.807, 2.05) is 0 Å². The van der Waals surface area contributed by atoms with Gasteiger partial charge in [-0.3, -0.25) is 9.59 Å². The number of aliphatic carboxylic acids is 2. The number of carboxylic acid groups (broad SMARTS) is 2. The molecule has 0 amide bonds. The quantitative estimate of drug-likeness (QED) is 0.477. The summed E-state index contributed by atoms with van der Waals surface area (Å²) >= 11 is 0. The molecule has 0 radical (unpaired) electrons. The molecule has 5 heteroatoms. The van der Waals surface area contributed by atoms with Gasteiger partial charge in [-0.1, -0.05) is 6.08 Å². The lowest BCUT2D eigenvalue weighted by atomic mass is 10.0. The summed E-state index contributed by atoms with van der Waals surface area (Å²) in [6.07, 6.45) is 2.95. The maximum atomic E-state index is 10.6. The lowest BCUT2D eigenvalue weighted by Crippen LogP contribution is -2.19. The molecule has 14 heavy (non-hydrogen) atoms. The highest BCUT2D eigenvalue weighted by Crippen LogP contribution is 2.09. The summed E-state index contributed by atoms with van der Waals surface area (Å²) in [5.41, 5.74) is 0. The summed E-state index contributed by atoms with van der Waals surface area (Å²) < 4.78 is 4.91. The van der Waals surface area contributed by atoms with E-state index in [1.165, 1.54) is 6.26 Å². The highest BCUT2D eigenvalue weighted by Gasteiger charge is 2.20. The van der Waals surface area contributed by atoms with Gasteiger partial charge in [-0.2, -0.15) is 0 Å². The molecule has 2 N–H and O–H groups in total. The molecule has 0 aliphatic carbocycles. The summed E-state index contributed by atoms with van der Waals surface area (Å²) in [4.78, 5) is 20.8. The van der Waals surface area contributed by atoms with Gasteiger partial charge in [0.2, 0.25) is 0 Å². The zero-order chi connectivity index (χ0) is 11.0. The van der Waals surface area contributed by atoms with Crippen LogP contribution in [-0.4, -0.2) is 28.8 Å². The Morgan fingerprint density at radius 1 is 1.43 bits per heavy atom. The Bertz CT molecular complexity index is 221. The first-order chi connectivity index (χ1) is 6.57. The number of ether oxygens (including phenoxy) is 1. The second kappa shape index (κ2) is 6.94. The predicted molar refractivity (Wildman–Crippen MR) is 48.8 cm³/mol. The second-order valence-corrected chi connectivity index (χ2v) is 2.76. The number of carboxylic acids is 2. The molecule has 0 fully saturated rings. The van der Waals surface area contributed by atoms with Crippen LogP contribution in [0, 0.1) is 5.92 Å². The highest BCUT2D eigenvalue weighted by atomic mass is 16.5. The molecule has 0 rings (SSSR count). The molecule has 0 bridgehead atoms. The van der Waals surface area contributed by atoms with Crippen LogP contribution < -0.4 is 0 Å². The zero-order valence-electron chi connectivity index (χ0n) is 7.97. The highest BCUT2D eigenvalue weighted by molar-refractivity contribution is 5.77. The molecule has 1 atom stereocenters. The number of carbonyl (C=O) groups is 2. The average Bonchev–Trinajstić information content (AvgIpc) is 2.09. The fourth-order valence-electron chi connectivity index (χ4n) is 0.898. The van der Waals surface area contributed by atoms with Crippen molar-refractivity contribution in [3.05, 3.63) is 12.3 Å². The minimum absolute atomic E-state index is 0.200. The van der Waals surface area contributed by atoms with Crippen molar-refractivity contribution in [3.8, 4) is 0 Å². The first-order valence-electron chi connectivity index (χ1n) is 4.25. The Hall–Kier alpha value is -1.52. The molecule has 80 valence electrons. The lowest BCUT2D eigenvalue weighted by molar-refractivity contribution is -0.148. The third-order valence-electron chi connectivity index (χ3n) is 1.59. The van der Waals surface area contributed by atoms with E-state index in [0.29, 0.717) is 0 Å². The van der Waals surface area contributed by atoms with Crippen LogP contribution in [0.4, 0.5) is 0 Å². The minimum atomic E-state index is -1.11. The SMILES string of the molecule is CC=COCCC(CC(=O)O)C(=O)O. The van der Waals surface area contributed by atoms with Crippen molar-refractivity contribution in [3.63, 3.8) is 0 Å². The van der Waals surface area contributed by atoms with Crippen molar-refractivity contribution in [1.29, 1.82) is 0 Å². The van der Waals surface area contributed by atoms with Crippen molar-refractivity contribution in [2.45, 2.75) is 19.8 Å². The third kappa shape index (κ3) is 6.05. The van der Waals surface area contributed by atoms with E-state index in [2.05, 4.69) is 0 Å². The van der Waals surface area contributed by atoms with Crippen molar-refractivity contribution >= 4 is 11.9 Å². The van der Waals surface area contributed by atoms with Gasteiger partial charge in [0.1, 0.15) is 0 Å². The molecule has 0 aliphatic rings. The minimum Gasteiger partial charge on any atom is -0.502 e. The van der Waals surface area contributed by atoms with Crippen LogP contribution in [0.15, 0.2) is 12.3 Å². The van der Waals surface area contributed by atoms with E-state index < -0.39 is 17.9 Å². The van der Waals surface area contributed by atoms with Crippen LogP contribution in [0.25, 0.3) is 0 Å². The molecule has 0 saturated heterocycles. The van der Waals surface area contributed by atoms with E-state index >= 15 is 0 Å². The third-order valence-corrected chi connectivity index (χ3v) is 1.59. The van der Waals surface area contributed by atoms with Gasteiger partial charge in [0, 0.05) is 0 Å². The summed E-state index contributed by atoms with van der Waals surface area (Å²) in [7, 11) is 0. The van der Waals surface area contributed by atoms with Crippen molar-refractivity contribution in [2.75, 3.05) is 6.61 Å². The van der Waals surface area contributed by atoms with Crippen LogP contribution in [0.2, 0.25) is 0 Å². The molecule has 0 spiro atoms. The van der Waals surface area contributed by atoms with Crippen molar-refractivity contribution < 1.29 is 24.5 Å². The molecule has 1 unspecified atom stereocenters. The maximum absolute atomic E-state index is 10.6. The molecule has 0 aromatic carbocycles. The number of hydrogen-bond acceptors (Lipinski definition) is 3. The van der Waals surface area contributed by atoms with E-state index in [-0.39, 0.29) is 19.4 Å². The molecular formula is C9H14O5. The van der Waals surface area contributed by atoms with Crippen molar-refractivity contribution in [1.82, 2.24) is 0 Å². The fraction of sp³-hybridized carbons (Fsp3) is 0.556. The summed E-state index contributed by atoms with van der Waals surface area (Å²) in [6.45, 7) is 1.99. The summed E-state index contributed by atoms with van der Waals surface area (Å²) in [6, 6.07) is 0. The topological polar surface area (TPSA) is 83.8 Å². The van der Waals surface area contributed by atoms with Crippen LogP contribution in [0.5, 0.6) is 0 Å². The van der Waals surface area contributed by atoms with E-state index in [0.717, 1.165) is 0 Å². The monoisotopic (exact) mass is 202 g/mol. The Kier molecular flexibility index (Phi) is 6.19. The first-order valence-corrected chi connectivity index (χ1v) is 4.25. The van der Waals surface area contributed by atoms with E-state index in [9.17, 15) is 9.59 Å². The fourth-order valence-corrected chi connectivity index (χ4v) is 0.898. The zero-order valence-corrected chi connectivity index (χ0v) is 7.97. The number of rotatable bonds is 7. The second-order valence-electron chi connectivity index (χ2n) is 2.76. The van der Waals surface area contributed by atoms with Gasteiger partial charge in [0.05, 0.1) is 25.2 Å². The van der Waals surface area contributed by atoms with Gasteiger partial charge in [0.25, 0.3) is 0 Å². The first kappa shape index (κ1) is 12.5. The van der Waals surface area contributed by atoms with Gasteiger partial charge < -0.3 is 14.9 Å². The van der Waals surface area contributed by atoms with E-state index in [1.54, 1.807) is 13.0 Å². The van der Waals surface area contributed by atoms with Crippen LogP contribution >= 0.6 is 0 Å². The molecule has 5 nitrogen and oxygen atoms in total. The average molecular weight is 202 g/mol. The van der Waals surface area contributed by atoms with Crippen LogP contribution in [0.1, 0.15) is 19.8 Å². The number of hydrogen-bond donors (Lipinski definition) is 2. The van der Waals surface area contributed by atoms with Crippen molar-refractivity contribution in [2.24, 2.45) is 5.92 Å². The van der Waals surface area contributed by atoms with Crippen LogP contribution in [-0.2, 0) is 14.3 Å². The predicted octanol–water partition coefficient (Wildman–Crippen LogP) is 1.10. The molecule has 0 aliphatic heterocycles. The lowest BCUT2D eigenvalue weighted by Gasteiger charge is -2.08. The van der Waals surface area contributed by atoms with Gasteiger partial charge >= 0.3 is 11.9 Å². The Morgan fingerprint density at radius 3 is 2.50 bits per heavy atom. The maximum Gasteiger partial charge on any atom is 0.307 e. The molecule has 0 aromatic rings. The molecular weight excluding hydrogens is 188 g/mol. The molecule has 0 saturated carbocycles. The van der Waals surface area contributed by atoms with Gasteiger partial charge in [-0.25, -0.2) is 0 Å². The molecule has 0 heterocycles. The number of allylic oxidation sites excluding steroid dienone is 1. The standard InChI is InChI=1S/C9H14O5/c1-2-4-14-5-3-7(9(12)13)6-8(10)11/h2,4,7H,3,5-6H2,1H3,(H,10,11)(H,12,13). The Morgan fingerprint density at radius 2 is 2.07 bits per heavy atom. The van der Waals surface area contributed by atoms with Gasteiger partial charge in [-0.15, -0.1) is 0 Å². The smallest absolute Gasteiger partial charge is 0.307 e. The van der Waals surface area contributed by atoms with E-state index in [4.69, 9.17) is 14.9 Å². The van der Waals surface area contributed by atoms with Gasteiger partial charge in [0.15, 0.2) is 0 Å².